The Morgan fingerprint density at radius 3 is 2.53 bits per heavy atom. The number of aliphatic carboxylic acids is 1. The predicted molar refractivity (Wildman–Crippen MR) is 161 cm³/mol. The molecule has 4 N–H and O–H groups in total. The van der Waals surface area contributed by atoms with Crippen LogP contribution in [0.25, 0.3) is 0 Å². The Hall–Kier alpha value is -4.29. The maximum absolute atomic E-state index is 13.1. The standard InChI is InChI=1S/C31H35N5O6S/c37-28(17-16-24-15-12-22-6-4-18-32-29(22)34-24)33-23-13-10-21(11-14-23)20-26(31(39)40)35-30(38)27-9-5-19-36(27)43(41,42)25-7-2-1-3-8-25/h1-3,7-8,10-15,26-27H,4-6,9,16-20H2,(H,32,34)(H,33,37)(H,35,38)(H,39,40)/t26-,27-/m0/s1. The Balaban J connectivity index is 1.15. The first-order valence-electron chi connectivity index (χ1n) is 14.4. The number of carboxylic acids is 1. The Morgan fingerprint density at radius 2 is 1.79 bits per heavy atom. The summed E-state index contributed by atoms with van der Waals surface area (Å²) in [6, 6.07) is 16.4. The van der Waals surface area contributed by atoms with Crippen LogP contribution >= 0.6 is 0 Å². The molecule has 1 saturated heterocycles. The molecule has 2 atom stereocenters. The number of benzene rings is 2. The van der Waals surface area contributed by atoms with Crippen molar-refractivity contribution in [3.8, 4) is 0 Å². The minimum absolute atomic E-state index is 0.00844. The summed E-state index contributed by atoms with van der Waals surface area (Å²) in [5.74, 6) is -1.14. The van der Waals surface area contributed by atoms with Gasteiger partial charge in [0.25, 0.3) is 0 Å². The zero-order chi connectivity index (χ0) is 30.4. The summed E-state index contributed by atoms with van der Waals surface area (Å²) in [6.07, 6.45) is 3.65. The van der Waals surface area contributed by atoms with E-state index in [-0.39, 0.29) is 30.2 Å². The van der Waals surface area contributed by atoms with Crippen LogP contribution < -0.4 is 16.0 Å². The van der Waals surface area contributed by atoms with Gasteiger partial charge in [0.15, 0.2) is 0 Å². The number of carbonyl (C=O) groups is 3. The van der Waals surface area contributed by atoms with E-state index in [0.717, 1.165) is 35.2 Å². The van der Waals surface area contributed by atoms with E-state index in [1.165, 1.54) is 17.7 Å². The second kappa shape index (κ2) is 13.3. The first-order valence-corrected chi connectivity index (χ1v) is 15.9. The first kappa shape index (κ1) is 30.2. The predicted octanol–water partition coefficient (Wildman–Crippen LogP) is 2.98. The van der Waals surface area contributed by atoms with Crippen molar-refractivity contribution in [1.29, 1.82) is 0 Å². The number of carboxylic acid groups (broad SMARTS) is 1. The molecule has 1 aromatic heterocycles. The summed E-state index contributed by atoms with van der Waals surface area (Å²) < 4.78 is 27.4. The molecule has 11 nitrogen and oxygen atoms in total. The van der Waals surface area contributed by atoms with Crippen LogP contribution in [-0.2, 0) is 43.7 Å². The van der Waals surface area contributed by atoms with Gasteiger partial charge >= 0.3 is 5.97 Å². The number of hydrogen-bond donors (Lipinski definition) is 4. The molecule has 0 saturated carbocycles. The summed E-state index contributed by atoms with van der Waals surface area (Å²) in [5, 5.41) is 18.5. The highest BCUT2D eigenvalue weighted by Gasteiger charge is 2.40. The van der Waals surface area contributed by atoms with Crippen molar-refractivity contribution in [2.75, 3.05) is 23.7 Å². The molecular formula is C31H35N5O6S. The van der Waals surface area contributed by atoms with Gasteiger partial charge in [-0.3, -0.25) is 9.59 Å². The Labute approximate surface area is 250 Å². The second-order valence-corrected chi connectivity index (χ2v) is 12.7. The van der Waals surface area contributed by atoms with Gasteiger partial charge in [-0.2, -0.15) is 4.31 Å². The normalized spacial score (nSPS) is 17.3. The molecule has 0 spiro atoms. The second-order valence-electron chi connectivity index (χ2n) is 10.8. The van der Waals surface area contributed by atoms with Gasteiger partial charge in [-0.1, -0.05) is 36.4 Å². The SMILES string of the molecule is O=C(CCc1ccc2c(n1)NCCC2)Nc1ccc(C[C@H](NC(=O)[C@@H]2CCCN2S(=O)(=O)c2ccccc2)C(=O)O)cc1. The number of amides is 2. The fourth-order valence-electron chi connectivity index (χ4n) is 5.42. The van der Waals surface area contributed by atoms with Crippen LogP contribution in [0.1, 0.15) is 42.5 Å². The molecule has 2 amide bonds. The molecule has 12 heteroatoms. The lowest BCUT2D eigenvalue weighted by Gasteiger charge is -2.25. The number of aryl methyl sites for hydroxylation is 2. The number of carbonyl (C=O) groups excluding carboxylic acids is 2. The van der Waals surface area contributed by atoms with Crippen molar-refractivity contribution >= 4 is 39.3 Å². The number of aromatic nitrogens is 1. The summed E-state index contributed by atoms with van der Waals surface area (Å²) >= 11 is 0. The third-order valence-corrected chi connectivity index (χ3v) is 9.63. The number of sulfonamides is 1. The number of nitrogens with one attached hydrogen (secondary N) is 3. The van der Waals surface area contributed by atoms with Crippen molar-refractivity contribution in [3.63, 3.8) is 0 Å². The molecule has 1 fully saturated rings. The van der Waals surface area contributed by atoms with E-state index in [0.29, 0.717) is 30.5 Å². The summed E-state index contributed by atoms with van der Waals surface area (Å²) in [5.41, 5.74) is 3.24. The van der Waals surface area contributed by atoms with Crippen LogP contribution in [0.3, 0.4) is 0 Å². The molecular weight excluding hydrogens is 570 g/mol. The third-order valence-electron chi connectivity index (χ3n) is 7.71. The Morgan fingerprint density at radius 1 is 1.02 bits per heavy atom. The number of rotatable bonds is 11. The van der Waals surface area contributed by atoms with E-state index >= 15 is 0 Å². The molecule has 0 aliphatic carbocycles. The van der Waals surface area contributed by atoms with Gasteiger partial charge in [0.2, 0.25) is 21.8 Å². The van der Waals surface area contributed by atoms with E-state index in [2.05, 4.69) is 27.0 Å². The number of hydrogen-bond acceptors (Lipinski definition) is 7. The lowest BCUT2D eigenvalue weighted by Crippen LogP contribution is -2.51. The fraction of sp³-hybridized carbons (Fsp3) is 0.355. The molecule has 2 aromatic carbocycles. The zero-order valence-corrected chi connectivity index (χ0v) is 24.5. The van der Waals surface area contributed by atoms with Gasteiger partial charge in [-0.05, 0) is 73.6 Å². The molecule has 2 aliphatic heterocycles. The highest BCUT2D eigenvalue weighted by molar-refractivity contribution is 7.89. The maximum Gasteiger partial charge on any atom is 0.326 e. The van der Waals surface area contributed by atoms with Gasteiger partial charge in [-0.25, -0.2) is 18.2 Å². The topological polar surface area (TPSA) is 158 Å². The number of pyridine rings is 1. The van der Waals surface area contributed by atoms with Gasteiger partial charge in [0, 0.05) is 37.3 Å². The average molecular weight is 606 g/mol. The van der Waals surface area contributed by atoms with Gasteiger partial charge in [-0.15, -0.1) is 0 Å². The number of nitrogens with zero attached hydrogens (tertiary/aromatic N) is 2. The van der Waals surface area contributed by atoms with E-state index in [4.69, 9.17) is 0 Å². The summed E-state index contributed by atoms with van der Waals surface area (Å²) in [7, 11) is -3.90. The molecule has 3 heterocycles. The largest absolute Gasteiger partial charge is 0.480 e. The highest BCUT2D eigenvalue weighted by Crippen LogP contribution is 2.26. The highest BCUT2D eigenvalue weighted by atomic mass is 32.2. The fourth-order valence-corrected chi connectivity index (χ4v) is 7.10. The average Bonchev–Trinajstić information content (AvgIpc) is 3.52. The number of anilines is 2. The van der Waals surface area contributed by atoms with Gasteiger partial charge in [0.1, 0.15) is 17.9 Å². The van der Waals surface area contributed by atoms with E-state index < -0.39 is 34.0 Å². The van der Waals surface area contributed by atoms with Crippen molar-refractivity contribution in [2.45, 2.75) is 61.9 Å². The molecule has 0 unspecified atom stereocenters. The molecule has 3 aromatic rings. The minimum atomic E-state index is -3.90. The van der Waals surface area contributed by atoms with E-state index in [9.17, 15) is 27.9 Å². The van der Waals surface area contributed by atoms with Crippen LogP contribution in [0, 0.1) is 0 Å². The Kier molecular flexibility index (Phi) is 9.37. The van der Waals surface area contributed by atoms with Crippen molar-refractivity contribution in [2.24, 2.45) is 0 Å². The molecule has 0 radical (unpaired) electrons. The summed E-state index contributed by atoms with van der Waals surface area (Å²) in [4.78, 5) is 42.4. The lowest BCUT2D eigenvalue weighted by atomic mass is 10.0. The lowest BCUT2D eigenvalue weighted by molar-refractivity contribution is -0.142. The van der Waals surface area contributed by atoms with Crippen LogP contribution in [0.4, 0.5) is 11.5 Å². The van der Waals surface area contributed by atoms with E-state index in [1.807, 2.05) is 6.07 Å². The monoisotopic (exact) mass is 605 g/mol. The van der Waals surface area contributed by atoms with Gasteiger partial charge < -0.3 is 21.1 Å². The van der Waals surface area contributed by atoms with Crippen molar-refractivity contribution < 1.29 is 27.9 Å². The molecule has 5 rings (SSSR count). The smallest absolute Gasteiger partial charge is 0.326 e. The van der Waals surface area contributed by atoms with Gasteiger partial charge in [0.05, 0.1) is 4.90 Å². The molecule has 226 valence electrons. The van der Waals surface area contributed by atoms with Crippen molar-refractivity contribution in [3.05, 3.63) is 83.6 Å². The summed E-state index contributed by atoms with van der Waals surface area (Å²) in [6.45, 7) is 1.08. The first-order chi connectivity index (χ1) is 20.7. The third kappa shape index (κ3) is 7.38. The quantitative estimate of drug-likeness (QED) is 0.260. The zero-order valence-electron chi connectivity index (χ0n) is 23.7. The van der Waals surface area contributed by atoms with Crippen LogP contribution in [0.15, 0.2) is 71.6 Å². The van der Waals surface area contributed by atoms with Crippen LogP contribution in [0.5, 0.6) is 0 Å². The van der Waals surface area contributed by atoms with Crippen LogP contribution in [0.2, 0.25) is 0 Å². The molecule has 43 heavy (non-hydrogen) atoms. The van der Waals surface area contributed by atoms with Crippen molar-refractivity contribution in [1.82, 2.24) is 14.6 Å². The molecule has 0 bridgehead atoms. The molecule has 2 aliphatic rings. The Bertz CT molecular complexity index is 1580. The van der Waals surface area contributed by atoms with Crippen LogP contribution in [-0.4, -0.2) is 65.8 Å². The maximum atomic E-state index is 13.1. The minimum Gasteiger partial charge on any atom is -0.480 e. The number of fused-ring (bicyclic) bond motifs is 1. The van der Waals surface area contributed by atoms with E-state index in [1.54, 1.807) is 42.5 Å².